The number of fused-ring (bicyclic) bond motifs is 1. The van der Waals surface area contributed by atoms with Gasteiger partial charge in [-0.2, -0.15) is 0 Å². The summed E-state index contributed by atoms with van der Waals surface area (Å²) in [4.78, 5) is 16.8. The Hall–Kier alpha value is -3.51. The Labute approximate surface area is 192 Å². The van der Waals surface area contributed by atoms with Crippen LogP contribution in [0.1, 0.15) is 37.3 Å². The van der Waals surface area contributed by atoms with Crippen molar-refractivity contribution >= 4 is 40.0 Å². The van der Waals surface area contributed by atoms with Gasteiger partial charge in [-0.25, -0.2) is 4.98 Å². The van der Waals surface area contributed by atoms with E-state index in [0.717, 1.165) is 34.3 Å². The van der Waals surface area contributed by atoms with Crippen molar-refractivity contribution in [1.82, 2.24) is 10.3 Å². The van der Waals surface area contributed by atoms with Crippen LogP contribution < -0.4 is 10.6 Å². The molecule has 0 spiro atoms. The van der Waals surface area contributed by atoms with E-state index in [-0.39, 0.29) is 17.4 Å². The summed E-state index contributed by atoms with van der Waals surface area (Å²) < 4.78 is 5.94. The van der Waals surface area contributed by atoms with Crippen molar-refractivity contribution in [3.63, 3.8) is 0 Å². The van der Waals surface area contributed by atoms with E-state index in [9.17, 15) is 4.79 Å². The van der Waals surface area contributed by atoms with Crippen molar-refractivity contribution in [2.24, 2.45) is 0 Å². The lowest BCUT2D eigenvalue weighted by Gasteiger charge is -2.10. The Balaban J connectivity index is 1.39. The van der Waals surface area contributed by atoms with Gasteiger partial charge in [0.15, 0.2) is 10.7 Å². The molecule has 162 valence electrons. The maximum Gasteiger partial charge on any atom is 0.230 e. The molecule has 0 saturated heterocycles. The first-order valence-corrected chi connectivity index (χ1v) is 11.1. The first kappa shape index (κ1) is 21.7. The monoisotopic (exact) mass is 443 g/mol. The summed E-state index contributed by atoms with van der Waals surface area (Å²) >= 11 is 5.27. The molecule has 0 bridgehead atoms. The number of hydrogen-bond donors (Lipinski definition) is 2. The van der Waals surface area contributed by atoms with E-state index in [4.69, 9.17) is 16.6 Å². The maximum atomic E-state index is 12.2. The molecular weight excluding hydrogens is 418 g/mol. The number of nitrogens with zero attached hydrogens (tertiary/aromatic N) is 1. The van der Waals surface area contributed by atoms with E-state index in [1.54, 1.807) is 0 Å². The number of carbonyl (C=O) groups is 1. The normalized spacial score (nSPS) is 11.8. The van der Waals surface area contributed by atoms with Gasteiger partial charge in [-0.15, -0.1) is 0 Å². The number of nitrogens with one attached hydrogen (secondary N) is 2. The summed E-state index contributed by atoms with van der Waals surface area (Å²) in [6.45, 7) is 4.39. The molecule has 0 fully saturated rings. The zero-order valence-corrected chi connectivity index (χ0v) is 18.9. The summed E-state index contributed by atoms with van der Waals surface area (Å²) in [5.74, 6) is 0.905. The van der Waals surface area contributed by atoms with Gasteiger partial charge in [-0.3, -0.25) is 4.79 Å². The summed E-state index contributed by atoms with van der Waals surface area (Å²) in [5.41, 5.74) is 5.48. The Bertz CT molecular complexity index is 1230. The van der Waals surface area contributed by atoms with Crippen LogP contribution in [0.25, 0.3) is 22.6 Å². The van der Waals surface area contributed by atoms with Crippen LogP contribution in [0.5, 0.6) is 0 Å². The summed E-state index contributed by atoms with van der Waals surface area (Å²) in [5, 5.41) is 6.01. The molecule has 1 aromatic heterocycles. The number of aromatic nitrogens is 1. The molecule has 0 unspecified atom stereocenters. The van der Waals surface area contributed by atoms with Crippen LogP contribution in [0.4, 0.5) is 5.69 Å². The number of anilines is 1. The SMILES string of the molecule is CC[C@H](C)c1ccc2oc(-c3ccc(NC(=S)NC(=O)Cc4ccccc4)cc3)nc2c1. The number of hydrogen-bond acceptors (Lipinski definition) is 4. The molecule has 4 rings (SSSR count). The fraction of sp³-hybridized carbons (Fsp3) is 0.192. The van der Waals surface area contributed by atoms with E-state index in [1.807, 2.05) is 60.7 Å². The van der Waals surface area contributed by atoms with Crippen molar-refractivity contribution < 1.29 is 9.21 Å². The van der Waals surface area contributed by atoms with Gasteiger partial charge in [-0.05, 0) is 72.1 Å². The fourth-order valence-corrected chi connectivity index (χ4v) is 3.65. The highest BCUT2D eigenvalue weighted by Gasteiger charge is 2.11. The molecular formula is C26H25N3O2S. The van der Waals surface area contributed by atoms with Crippen LogP contribution in [-0.2, 0) is 11.2 Å². The van der Waals surface area contributed by atoms with Crippen LogP contribution in [0.3, 0.4) is 0 Å². The van der Waals surface area contributed by atoms with Crippen LogP contribution in [0.15, 0.2) is 77.2 Å². The molecule has 5 nitrogen and oxygen atoms in total. The zero-order chi connectivity index (χ0) is 22.5. The predicted octanol–water partition coefficient (Wildman–Crippen LogP) is 6.06. The van der Waals surface area contributed by atoms with E-state index in [2.05, 4.69) is 41.6 Å². The van der Waals surface area contributed by atoms with E-state index in [1.165, 1.54) is 5.56 Å². The third kappa shape index (κ3) is 5.21. The number of benzene rings is 3. The highest BCUT2D eigenvalue weighted by atomic mass is 32.1. The van der Waals surface area contributed by atoms with Gasteiger partial charge in [0.1, 0.15) is 5.52 Å². The minimum atomic E-state index is -0.159. The van der Waals surface area contributed by atoms with Crippen molar-refractivity contribution in [2.75, 3.05) is 5.32 Å². The van der Waals surface area contributed by atoms with Gasteiger partial charge in [0.05, 0.1) is 6.42 Å². The first-order valence-electron chi connectivity index (χ1n) is 10.7. The minimum absolute atomic E-state index is 0.159. The molecule has 2 N–H and O–H groups in total. The van der Waals surface area contributed by atoms with Crippen LogP contribution >= 0.6 is 12.2 Å². The summed E-state index contributed by atoms with van der Waals surface area (Å²) in [6.07, 6.45) is 1.36. The lowest BCUT2D eigenvalue weighted by molar-refractivity contribution is -0.119. The summed E-state index contributed by atoms with van der Waals surface area (Å²) in [6, 6.07) is 23.3. The average Bonchev–Trinajstić information content (AvgIpc) is 3.23. The van der Waals surface area contributed by atoms with Crippen LogP contribution in [0.2, 0.25) is 0 Å². The van der Waals surface area contributed by atoms with E-state index >= 15 is 0 Å². The lowest BCUT2D eigenvalue weighted by atomic mass is 9.98. The van der Waals surface area contributed by atoms with Gasteiger partial charge in [0.25, 0.3) is 0 Å². The highest BCUT2D eigenvalue weighted by molar-refractivity contribution is 7.80. The molecule has 0 aliphatic rings. The van der Waals surface area contributed by atoms with Gasteiger partial charge in [-0.1, -0.05) is 50.2 Å². The van der Waals surface area contributed by atoms with Crippen molar-refractivity contribution in [3.8, 4) is 11.5 Å². The Morgan fingerprint density at radius 1 is 1.06 bits per heavy atom. The molecule has 0 aliphatic heterocycles. The smallest absolute Gasteiger partial charge is 0.230 e. The molecule has 0 saturated carbocycles. The van der Waals surface area contributed by atoms with Gasteiger partial charge in [0, 0.05) is 11.3 Å². The maximum absolute atomic E-state index is 12.2. The Morgan fingerprint density at radius 2 is 1.81 bits per heavy atom. The third-order valence-electron chi connectivity index (χ3n) is 5.44. The first-order chi connectivity index (χ1) is 15.5. The zero-order valence-electron chi connectivity index (χ0n) is 18.1. The standard InChI is InChI=1S/C26H25N3O2S/c1-3-17(2)20-11-14-23-22(16-20)28-25(31-23)19-9-12-21(13-10-19)27-26(32)29-24(30)15-18-7-5-4-6-8-18/h4-14,16-17H,3,15H2,1-2H3,(H2,27,29,30,32)/t17-/m0/s1. The van der Waals surface area contributed by atoms with Crippen LogP contribution in [0, 0.1) is 0 Å². The number of carbonyl (C=O) groups excluding carboxylic acids is 1. The Morgan fingerprint density at radius 3 is 2.53 bits per heavy atom. The van der Waals surface area contributed by atoms with E-state index < -0.39 is 0 Å². The molecule has 3 aromatic carbocycles. The number of rotatable bonds is 6. The predicted molar refractivity (Wildman–Crippen MR) is 133 cm³/mol. The molecule has 6 heteroatoms. The lowest BCUT2D eigenvalue weighted by Crippen LogP contribution is -2.35. The van der Waals surface area contributed by atoms with Gasteiger partial charge < -0.3 is 15.1 Å². The van der Waals surface area contributed by atoms with Crippen molar-refractivity contribution in [3.05, 3.63) is 83.9 Å². The number of oxazole rings is 1. The molecule has 0 radical (unpaired) electrons. The molecule has 1 heterocycles. The Kier molecular flexibility index (Phi) is 6.61. The second-order valence-corrected chi connectivity index (χ2v) is 8.21. The van der Waals surface area contributed by atoms with E-state index in [0.29, 0.717) is 11.8 Å². The molecule has 1 amide bonds. The van der Waals surface area contributed by atoms with Crippen molar-refractivity contribution in [1.29, 1.82) is 0 Å². The van der Waals surface area contributed by atoms with Gasteiger partial charge >= 0.3 is 0 Å². The second kappa shape index (κ2) is 9.75. The molecule has 4 aromatic rings. The quantitative estimate of drug-likeness (QED) is 0.354. The number of amides is 1. The van der Waals surface area contributed by atoms with Gasteiger partial charge in [0.2, 0.25) is 11.8 Å². The highest BCUT2D eigenvalue weighted by Crippen LogP contribution is 2.28. The fourth-order valence-electron chi connectivity index (χ4n) is 3.42. The molecule has 0 aliphatic carbocycles. The summed E-state index contributed by atoms with van der Waals surface area (Å²) in [7, 11) is 0. The largest absolute Gasteiger partial charge is 0.436 e. The van der Waals surface area contributed by atoms with Crippen LogP contribution in [-0.4, -0.2) is 16.0 Å². The topological polar surface area (TPSA) is 67.2 Å². The minimum Gasteiger partial charge on any atom is -0.436 e. The average molecular weight is 444 g/mol. The third-order valence-corrected chi connectivity index (χ3v) is 5.65. The second-order valence-electron chi connectivity index (χ2n) is 7.80. The number of thiocarbonyl (C=S) groups is 1. The molecule has 1 atom stereocenters. The molecule has 32 heavy (non-hydrogen) atoms. The van der Waals surface area contributed by atoms with Crippen molar-refractivity contribution in [2.45, 2.75) is 32.6 Å².